The van der Waals surface area contributed by atoms with E-state index >= 15 is 4.39 Å². The van der Waals surface area contributed by atoms with Gasteiger partial charge in [-0.2, -0.15) is 4.98 Å². The van der Waals surface area contributed by atoms with Crippen LogP contribution in [0.25, 0.3) is 28.0 Å². The summed E-state index contributed by atoms with van der Waals surface area (Å²) in [5, 5.41) is 0.797. The predicted octanol–water partition coefficient (Wildman–Crippen LogP) is 8.00. The Morgan fingerprint density at radius 1 is 1.24 bits per heavy atom. The molecule has 9 heteroatoms. The highest BCUT2D eigenvalue weighted by Gasteiger charge is 2.30. The van der Waals surface area contributed by atoms with Crippen LogP contribution >= 0.6 is 11.6 Å². The molecule has 0 saturated carbocycles. The number of likely N-dealkylation sites (tertiary alicyclic amines) is 1. The number of halogens is 2. The lowest BCUT2D eigenvalue weighted by atomic mass is 9.89. The molecule has 2 aromatic carbocycles. The molecule has 2 atom stereocenters. The van der Waals surface area contributed by atoms with Crippen molar-refractivity contribution in [2.75, 3.05) is 13.1 Å². The van der Waals surface area contributed by atoms with Gasteiger partial charge in [0.25, 0.3) is 0 Å². The smallest absolute Gasteiger partial charge is 0.354 e. The number of benzene rings is 2. The SMILES string of the molecule is C=CCN1[C@H](CCN=C(C)N)CCC[C@H]1c1ccc(-n2cc3cc(-c4cc(CCCC(C)C)cc(Cl)c4F)[nH]c3nc2=O)cc1. The topological polar surface area (TPSA) is 92.3 Å². The van der Waals surface area contributed by atoms with Gasteiger partial charge >= 0.3 is 5.69 Å². The predicted molar refractivity (Wildman–Crippen MR) is 184 cm³/mol. The van der Waals surface area contributed by atoms with Gasteiger partial charge in [0, 0.05) is 42.3 Å². The van der Waals surface area contributed by atoms with Crippen molar-refractivity contribution in [2.45, 2.75) is 77.8 Å². The molecular weight excluding hydrogens is 587 g/mol. The Balaban J connectivity index is 1.39. The van der Waals surface area contributed by atoms with Crippen molar-refractivity contribution >= 4 is 28.5 Å². The number of aromatic nitrogens is 3. The lowest BCUT2D eigenvalue weighted by molar-refractivity contribution is 0.0922. The first-order valence-corrected chi connectivity index (χ1v) is 16.4. The number of H-pyrrole nitrogens is 1. The summed E-state index contributed by atoms with van der Waals surface area (Å²) in [6, 6.07) is 14.2. The third kappa shape index (κ3) is 7.74. The van der Waals surface area contributed by atoms with Gasteiger partial charge in [0.2, 0.25) is 0 Å². The van der Waals surface area contributed by atoms with Crippen molar-refractivity contribution in [1.82, 2.24) is 19.4 Å². The quantitative estimate of drug-likeness (QED) is 0.0942. The van der Waals surface area contributed by atoms with Crippen LogP contribution in [0.1, 0.15) is 76.5 Å². The Labute approximate surface area is 270 Å². The van der Waals surface area contributed by atoms with E-state index in [2.05, 4.69) is 52.4 Å². The minimum Gasteiger partial charge on any atom is -0.388 e. The van der Waals surface area contributed by atoms with Crippen LogP contribution in [-0.2, 0) is 6.42 Å². The molecule has 2 aromatic heterocycles. The molecule has 7 nitrogen and oxygen atoms in total. The number of fused-ring (bicyclic) bond motifs is 1. The molecule has 3 N–H and O–H groups in total. The van der Waals surface area contributed by atoms with Crippen molar-refractivity contribution in [1.29, 1.82) is 0 Å². The molecule has 5 rings (SSSR count). The molecule has 45 heavy (non-hydrogen) atoms. The van der Waals surface area contributed by atoms with E-state index in [4.69, 9.17) is 17.3 Å². The van der Waals surface area contributed by atoms with E-state index in [0.29, 0.717) is 40.1 Å². The summed E-state index contributed by atoms with van der Waals surface area (Å²) < 4.78 is 16.7. The van der Waals surface area contributed by atoms with Crippen LogP contribution < -0.4 is 11.4 Å². The van der Waals surface area contributed by atoms with Gasteiger partial charge in [0.15, 0.2) is 5.82 Å². The number of aliphatic imine (C=N–C) groups is 1. The average molecular weight is 631 g/mol. The van der Waals surface area contributed by atoms with Crippen LogP contribution in [0.4, 0.5) is 4.39 Å². The number of aromatic amines is 1. The van der Waals surface area contributed by atoms with E-state index in [0.717, 1.165) is 69.3 Å². The zero-order valence-electron chi connectivity index (χ0n) is 26.5. The van der Waals surface area contributed by atoms with Crippen LogP contribution in [0.2, 0.25) is 5.02 Å². The van der Waals surface area contributed by atoms with E-state index < -0.39 is 11.5 Å². The largest absolute Gasteiger partial charge is 0.388 e. The molecule has 1 aliphatic rings. The molecule has 1 fully saturated rings. The highest BCUT2D eigenvalue weighted by molar-refractivity contribution is 6.31. The Bertz CT molecular complexity index is 1720. The van der Waals surface area contributed by atoms with Crippen LogP contribution in [0.5, 0.6) is 0 Å². The number of amidine groups is 1. The maximum Gasteiger partial charge on any atom is 0.354 e. The fraction of sp³-hybridized carbons (Fsp3) is 0.417. The van der Waals surface area contributed by atoms with Gasteiger partial charge in [-0.15, -0.1) is 6.58 Å². The Kier molecular flexibility index (Phi) is 10.6. The van der Waals surface area contributed by atoms with Crippen molar-refractivity contribution < 1.29 is 4.39 Å². The molecule has 4 aromatic rings. The molecular formula is C36H44ClFN6O. The molecule has 238 valence electrons. The van der Waals surface area contributed by atoms with Gasteiger partial charge in [-0.1, -0.05) is 50.1 Å². The van der Waals surface area contributed by atoms with Gasteiger partial charge in [0.1, 0.15) is 5.65 Å². The van der Waals surface area contributed by atoms with Gasteiger partial charge in [-0.3, -0.25) is 14.5 Å². The zero-order chi connectivity index (χ0) is 32.1. The number of nitrogens with two attached hydrogens (primary N) is 1. The second-order valence-electron chi connectivity index (χ2n) is 12.6. The van der Waals surface area contributed by atoms with Crippen molar-refractivity contribution in [3.05, 3.63) is 93.8 Å². The lowest BCUT2D eigenvalue weighted by Crippen LogP contribution is -2.42. The van der Waals surface area contributed by atoms with E-state index in [-0.39, 0.29) is 11.1 Å². The molecule has 0 radical (unpaired) electrons. The van der Waals surface area contributed by atoms with Crippen LogP contribution in [-0.4, -0.2) is 44.4 Å². The Morgan fingerprint density at radius 3 is 2.73 bits per heavy atom. The summed E-state index contributed by atoms with van der Waals surface area (Å²) in [4.78, 5) is 27.5. The summed E-state index contributed by atoms with van der Waals surface area (Å²) in [7, 11) is 0. The molecule has 0 unspecified atom stereocenters. The highest BCUT2D eigenvalue weighted by atomic mass is 35.5. The average Bonchev–Trinajstić information content (AvgIpc) is 3.41. The number of hydrogen-bond acceptors (Lipinski definition) is 4. The standard InChI is InChI=1S/C36H44ClFN6O/c1-5-18-43-28(16-17-40-24(4)39)10-7-11-33(43)26-12-14-29(15-13-26)44-22-27-21-32(41-35(27)42-36(44)45)30-19-25(9-6-8-23(2)3)20-31(37)34(30)38/h5,12-15,19-23,28,33H,1,6-11,16-18H2,2-4H3,(H2,39,40)(H,41,42,45)/t28-,33-/m0/s1. The fourth-order valence-electron chi connectivity index (χ4n) is 6.50. The lowest BCUT2D eigenvalue weighted by Gasteiger charge is -2.42. The first kappa shape index (κ1) is 32.6. The third-order valence-corrected chi connectivity index (χ3v) is 9.01. The van der Waals surface area contributed by atoms with Crippen molar-refractivity contribution in [2.24, 2.45) is 16.6 Å². The zero-order valence-corrected chi connectivity index (χ0v) is 27.3. The van der Waals surface area contributed by atoms with Crippen molar-refractivity contribution in [3.63, 3.8) is 0 Å². The molecule has 1 aliphatic heterocycles. The first-order valence-electron chi connectivity index (χ1n) is 16.0. The second-order valence-corrected chi connectivity index (χ2v) is 13.0. The number of aryl methyl sites for hydroxylation is 1. The molecule has 0 spiro atoms. The summed E-state index contributed by atoms with van der Waals surface area (Å²) in [5.74, 6) is 0.733. The molecule has 1 saturated heterocycles. The monoisotopic (exact) mass is 630 g/mol. The van der Waals surface area contributed by atoms with Crippen LogP contribution in [0.15, 0.2) is 71.1 Å². The third-order valence-electron chi connectivity index (χ3n) is 8.74. The Morgan fingerprint density at radius 2 is 2.02 bits per heavy atom. The second kappa shape index (κ2) is 14.6. The normalized spacial score (nSPS) is 17.8. The van der Waals surface area contributed by atoms with Gasteiger partial charge in [-0.25, -0.2) is 9.18 Å². The van der Waals surface area contributed by atoms with E-state index in [9.17, 15) is 4.79 Å². The first-order chi connectivity index (χ1) is 21.6. The number of nitrogens with one attached hydrogen (secondary N) is 1. The van der Waals surface area contributed by atoms with E-state index in [1.54, 1.807) is 12.3 Å². The minimum absolute atomic E-state index is 0.0911. The van der Waals surface area contributed by atoms with Crippen molar-refractivity contribution in [3.8, 4) is 16.9 Å². The summed E-state index contributed by atoms with van der Waals surface area (Å²) >= 11 is 6.30. The van der Waals surface area contributed by atoms with Crippen LogP contribution in [0, 0.1) is 11.7 Å². The molecule has 0 amide bonds. The maximum atomic E-state index is 15.2. The van der Waals surface area contributed by atoms with Crippen LogP contribution in [0.3, 0.4) is 0 Å². The number of rotatable bonds is 12. The maximum absolute atomic E-state index is 15.2. The van der Waals surface area contributed by atoms with Gasteiger partial charge < -0.3 is 10.7 Å². The number of nitrogens with zero attached hydrogens (tertiary/aromatic N) is 4. The number of hydrogen-bond donors (Lipinski definition) is 2. The fourth-order valence-corrected chi connectivity index (χ4v) is 6.74. The summed E-state index contributed by atoms with van der Waals surface area (Å²) in [6.07, 6.45) is 10.9. The van der Waals surface area contributed by atoms with Gasteiger partial charge in [-0.05, 0) is 92.8 Å². The summed E-state index contributed by atoms with van der Waals surface area (Å²) in [5.41, 5.74) is 9.58. The molecule has 3 heterocycles. The minimum atomic E-state index is -0.487. The van der Waals surface area contributed by atoms with Gasteiger partial charge in [0.05, 0.1) is 22.2 Å². The molecule has 0 bridgehead atoms. The molecule has 0 aliphatic carbocycles. The highest BCUT2D eigenvalue weighted by Crippen LogP contribution is 2.36. The number of piperidine rings is 1. The summed E-state index contributed by atoms with van der Waals surface area (Å²) in [6.45, 7) is 11.7. The van der Waals surface area contributed by atoms with E-state index in [1.165, 1.54) is 10.1 Å². The Hall–Kier alpha value is -3.75. The van der Waals surface area contributed by atoms with E-state index in [1.807, 2.05) is 37.3 Å².